The third kappa shape index (κ3) is 4.39. The Bertz CT molecular complexity index is 445. The molecule has 0 radical (unpaired) electrons. The fourth-order valence-electron chi connectivity index (χ4n) is 2.35. The van der Waals surface area contributed by atoms with Gasteiger partial charge in [0.1, 0.15) is 5.75 Å². The lowest BCUT2D eigenvalue weighted by molar-refractivity contribution is -0.120. The van der Waals surface area contributed by atoms with Gasteiger partial charge in [0.2, 0.25) is 5.91 Å². The molecule has 1 aromatic rings. The predicted octanol–water partition coefficient (Wildman–Crippen LogP) is 2.75. The van der Waals surface area contributed by atoms with Gasteiger partial charge in [-0.05, 0) is 63.5 Å². The van der Waals surface area contributed by atoms with E-state index in [0.717, 1.165) is 42.9 Å². The average molecular weight is 299 g/mol. The number of rotatable bonds is 4. The Hall–Kier alpha value is -1.26. The summed E-state index contributed by atoms with van der Waals surface area (Å²) in [4.78, 5) is 12.2. The van der Waals surface area contributed by atoms with E-state index in [1.54, 1.807) is 0 Å². The maximum Gasteiger partial charge on any atom is 0.227 e. The van der Waals surface area contributed by atoms with Crippen LogP contribution < -0.4 is 15.4 Å². The number of hydrogen-bond donors (Lipinski definition) is 2. The molecule has 1 saturated heterocycles. The minimum Gasteiger partial charge on any atom is -0.494 e. The molecule has 1 amide bonds. The molecule has 112 valence electrons. The lowest BCUT2D eigenvalue weighted by atomic mass is 9.97. The van der Waals surface area contributed by atoms with Gasteiger partial charge in [-0.15, -0.1) is 12.4 Å². The van der Waals surface area contributed by atoms with Gasteiger partial charge in [0.25, 0.3) is 0 Å². The lowest BCUT2D eigenvalue weighted by Crippen LogP contribution is -2.34. The fraction of sp³-hybridized carbons (Fsp3) is 0.533. The van der Waals surface area contributed by atoms with Crippen LogP contribution in [0.5, 0.6) is 5.75 Å². The van der Waals surface area contributed by atoms with E-state index in [0.29, 0.717) is 6.61 Å². The number of anilines is 1. The Morgan fingerprint density at radius 3 is 2.70 bits per heavy atom. The van der Waals surface area contributed by atoms with Gasteiger partial charge in [0.05, 0.1) is 6.61 Å². The van der Waals surface area contributed by atoms with Crippen LogP contribution >= 0.6 is 12.4 Å². The second kappa shape index (κ2) is 8.12. The molecule has 0 spiro atoms. The molecule has 0 aromatic heterocycles. The summed E-state index contributed by atoms with van der Waals surface area (Å²) >= 11 is 0. The molecule has 5 heteroatoms. The summed E-state index contributed by atoms with van der Waals surface area (Å²) in [5.74, 6) is 1.11. The first-order chi connectivity index (χ1) is 9.20. The van der Waals surface area contributed by atoms with Crippen molar-refractivity contribution < 1.29 is 9.53 Å². The Kier molecular flexibility index (Phi) is 6.82. The molecule has 4 nitrogen and oxygen atoms in total. The van der Waals surface area contributed by atoms with Gasteiger partial charge in [0, 0.05) is 11.6 Å². The van der Waals surface area contributed by atoms with Crippen LogP contribution in [-0.2, 0) is 4.79 Å². The number of nitrogens with one attached hydrogen (secondary N) is 2. The number of amides is 1. The zero-order valence-electron chi connectivity index (χ0n) is 12.1. The highest BCUT2D eigenvalue weighted by Crippen LogP contribution is 2.23. The highest BCUT2D eigenvalue weighted by molar-refractivity contribution is 5.93. The van der Waals surface area contributed by atoms with E-state index >= 15 is 0 Å². The van der Waals surface area contributed by atoms with E-state index in [2.05, 4.69) is 10.6 Å². The molecule has 0 saturated carbocycles. The van der Waals surface area contributed by atoms with E-state index in [9.17, 15) is 4.79 Å². The van der Waals surface area contributed by atoms with Crippen molar-refractivity contribution in [3.05, 3.63) is 23.8 Å². The Balaban J connectivity index is 0.00000200. The summed E-state index contributed by atoms with van der Waals surface area (Å²) in [6, 6.07) is 5.77. The van der Waals surface area contributed by atoms with Gasteiger partial charge < -0.3 is 15.4 Å². The minimum atomic E-state index is 0. The van der Waals surface area contributed by atoms with Crippen molar-refractivity contribution in [2.24, 2.45) is 5.92 Å². The third-order valence-electron chi connectivity index (χ3n) is 3.48. The molecular formula is C15H23ClN2O2. The maximum absolute atomic E-state index is 12.2. The van der Waals surface area contributed by atoms with Crippen LogP contribution in [0.3, 0.4) is 0 Å². The smallest absolute Gasteiger partial charge is 0.227 e. The zero-order chi connectivity index (χ0) is 13.7. The summed E-state index contributed by atoms with van der Waals surface area (Å²) < 4.78 is 5.44. The molecule has 0 aliphatic carbocycles. The normalized spacial score (nSPS) is 15.3. The molecule has 20 heavy (non-hydrogen) atoms. The van der Waals surface area contributed by atoms with Crippen molar-refractivity contribution in [2.45, 2.75) is 26.7 Å². The van der Waals surface area contributed by atoms with Crippen LogP contribution in [0.4, 0.5) is 5.69 Å². The highest BCUT2D eigenvalue weighted by Gasteiger charge is 2.21. The molecule has 0 unspecified atom stereocenters. The van der Waals surface area contributed by atoms with Crippen molar-refractivity contribution in [3.63, 3.8) is 0 Å². The number of carbonyl (C=O) groups excluding carboxylic acids is 1. The van der Waals surface area contributed by atoms with E-state index in [1.807, 2.05) is 32.0 Å². The molecule has 2 N–H and O–H groups in total. The van der Waals surface area contributed by atoms with Gasteiger partial charge in [-0.1, -0.05) is 0 Å². The average Bonchev–Trinajstić information content (AvgIpc) is 2.43. The van der Waals surface area contributed by atoms with Gasteiger partial charge in [-0.25, -0.2) is 0 Å². The number of piperidine rings is 1. The van der Waals surface area contributed by atoms with E-state index in [4.69, 9.17) is 4.74 Å². The lowest BCUT2D eigenvalue weighted by Gasteiger charge is -2.22. The van der Waals surface area contributed by atoms with Crippen LogP contribution in [0, 0.1) is 12.8 Å². The largest absolute Gasteiger partial charge is 0.494 e. The van der Waals surface area contributed by atoms with Crippen LogP contribution in [-0.4, -0.2) is 25.6 Å². The molecule has 0 bridgehead atoms. The Labute approximate surface area is 126 Å². The first kappa shape index (κ1) is 16.8. The maximum atomic E-state index is 12.2. The van der Waals surface area contributed by atoms with E-state index in [-0.39, 0.29) is 24.2 Å². The van der Waals surface area contributed by atoms with Gasteiger partial charge in [-0.2, -0.15) is 0 Å². The number of ether oxygens (including phenoxy) is 1. The quantitative estimate of drug-likeness (QED) is 0.898. The van der Waals surface area contributed by atoms with Crippen molar-refractivity contribution in [2.75, 3.05) is 25.0 Å². The third-order valence-corrected chi connectivity index (χ3v) is 3.48. The number of hydrogen-bond acceptors (Lipinski definition) is 3. The van der Waals surface area contributed by atoms with Crippen LogP contribution in [0.15, 0.2) is 18.2 Å². The minimum absolute atomic E-state index is 0. The van der Waals surface area contributed by atoms with Gasteiger partial charge >= 0.3 is 0 Å². The van der Waals surface area contributed by atoms with Crippen LogP contribution in [0.25, 0.3) is 0 Å². The van der Waals surface area contributed by atoms with Crippen molar-refractivity contribution in [1.29, 1.82) is 0 Å². The standard InChI is InChI=1S/C15H22N2O2.ClH/c1-3-19-13-4-5-14(11(2)10-13)17-15(18)12-6-8-16-9-7-12;/h4-5,10,12,16H,3,6-9H2,1-2H3,(H,17,18);1H. The summed E-state index contributed by atoms with van der Waals surface area (Å²) in [5, 5.41) is 6.30. The molecule has 2 rings (SSSR count). The number of aryl methyl sites for hydroxylation is 1. The van der Waals surface area contributed by atoms with Crippen LogP contribution in [0.2, 0.25) is 0 Å². The SMILES string of the molecule is CCOc1ccc(NC(=O)C2CCNCC2)c(C)c1.Cl. The predicted molar refractivity (Wildman–Crippen MR) is 83.8 cm³/mol. The molecule has 1 aliphatic heterocycles. The molecule has 1 heterocycles. The van der Waals surface area contributed by atoms with Crippen molar-refractivity contribution in [1.82, 2.24) is 5.32 Å². The molecular weight excluding hydrogens is 276 g/mol. The number of benzene rings is 1. The van der Waals surface area contributed by atoms with E-state index in [1.165, 1.54) is 0 Å². The molecule has 1 aliphatic rings. The number of halogens is 1. The fourth-order valence-corrected chi connectivity index (χ4v) is 2.35. The van der Waals surface area contributed by atoms with Crippen LogP contribution in [0.1, 0.15) is 25.3 Å². The molecule has 0 atom stereocenters. The highest BCUT2D eigenvalue weighted by atomic mass is 35.5. The van der Waals surface area contributed by atoms with E-state index < -0.39 is 0 Å². The monoisotopic (exact) mass is 298 g/mol. The summed E-state index contributed by atoms with van der Waals surface area (Å²) in [7, 11) is 0. The Morgan fingerprint density at radius 2 is 2.10 bits per heavy atom. The first-order valence-corrected chi connectivity index (χ1v) is 6.95. The summed E-state index contributed by atoms with van der Waals surface area (Å²) in [5.41, 5.74) is 1.92. The molecule has 1 aromatic carbocycles. The second-order valence-electron chi connectivity index (χ2n) is 4.92. The second-order valence-corrected chi connectivity index (χ2v) is 4.92. The zero-order valence-corrected chi connectivity index (χ0v) is 12.9. The summed E-state index contributed by atoms with van der Waals surface area (Å²) in [6.45, 7) is 6.46. The van der Waals surface area contributed by atoms with Crippen molar-refractivity contribution >= 4 is 24.0 Å². The topological polar surface area (TPSA) is 50.4 Å². The van der Waals surface area contributed by atoms with Gasteiger partial charge in [-0.3, -0.25) is 4.79 Å². The first-order valence-electron chi connectivity index (χ1n) is 6.95. The Morgan fingerprint density at radius 1 is 1.40 bits per heavy atom. The molecule has 1 fully saturated rings. The van der Waals surface area contributed by atoms with Gasteiger partial charge in [0.15, 0.2) is 0 Å². The number of carbonyl (C=O) groups is 1. The van der Waals surface area contributed by atoms with Crippen molar-refractivity contribution in [3.8, 4) is 5.75 Å². The summed E-state index contributed by atoms with van der Waals surface area (Å²) in [6.07, 6.45) is 1.84.